The smallest absolute Gasteiger partial charge is 0.230 e. The predicted octanol–water partition coefficient (Wildman–Crippen LogP) is 4.32. The number of hydrogen-bond acceptors (Lipinski definition) is 5. The van der Waals surface area contributed by atoms with E-state index in [4.69, 9.17) is 9.47 Å². The molecule has 0 aliphatic heterocycles. The van der Waals surface area contributed by atoms with E-state index in [0.29, 0.717) is 10.9 Å². The van der Waals surface area contributed by atoms with Crippen LogP contribution in [0.2, 0.25) is 0 Å². The fourth-order valence-electron chi connectivity index (χ4n) is 2.65. The van der Waals surface area contributed by atoms with Crippen molar-refractivity contribution >= 4 is 22.4 Å². The number of hydrogen-bond donors (Lipinski definition) is 1. The van der Waals surface area contributed by atoms with Gasteiger partial charge in [0.05, 0.1) is 26.3 Å². The van der Waals surface area contributed by atoms with E-state index in [1.54, 1.807) is 14.2 Å². The first-order valence-corrected chi connectivity index (χ1v) is 8.96. The maximum atomic E-state index is 12.4. The topological polar surface area (TPSA) is 60.5 Å². The Morgan fingerprint density at radius 1 is 1.08 bits per heavy atom. The number of nitrogens with one attached hydrogen (secondary N) is 1. The minimum Gasteiger partial charge on any atom is -0.497 e. The Kier molecular flexibility index (Phi) is 5.53. The summed E-state index contributed by atoms with van der Waals surface area (Å²) in [5, 5.41) is 3.47. The van der Waals surface area contributed by atoms with Crippen molar-refractivity contribution in [1.29, 1.82) is 0 Å². The van der Waals surface area contributed by atoms with E-state index in [1.807, 2.05) is 55.5 Å². The minimum absolute atomic E-state index is 0.121. The molecule has 5 nitrogen and oxygen atoms in total. The molecule has 0 spiro atoms. The molecule has 0 atom stereocenters. The highest BCUT2D eigenvalue weighted by atomic mass is 32.1. The summed E-state index contributed by atoms with van der Waals surface area (Å²) in [6, 6.07) is 15.2. The first-order chi connectivity index (χ1) is 12.6. The van der Waals surface area contributed by atoms with Gasteiger partial charge in [-0.05, 0) is 37.3 Å². The molecule has 0 saturated heterocycles. The number of anilines is 1. The van der Waals surface area contributed by atoms with Crippen LogP contribution >= 0.6 is 11.3 Å². The Labute approximate surface area is 156 Å². The largest absolute Gasteiger partial charge is 0.497 e. The van der Waals surface area contributed by atoms with E-state index >= 15 is 0 Å². The number of carbonyl (C=O) groups excluding carboxylic acids is 1. The minimum atomic E-state index is -0.121. The zero-order chi connectivity index (χ0) is 18.5. The summed E-state index contributed by atoms with van der Waals surface area (Å²) in [5.74, 6) is 1.38. The standard InChI is InChI=1S/C20H20N2O3S/c1-13-19(14-8-10-16(24-2)11-9-14)22-20(26-13)21-18(23)12-15-6-4-5-7-17(15)25-3/h4-11H,12H2,1-3H3,(H,21,22,23). The number of methoxy groups -OCH3 is 2. The molecule has 1 amide bonds. The maximum absolute atomic E-state index is 12.4. The van der Waals surface area contributed by atoms with Crippen LogP contribution in [0, 0.1) is 6.92 Å². The normalized spacial score (nSPS) is 10.4. The van der Waals surface area contributed by atoms with Gasteiger partial charge in [0.2, 0.25) is 5.91 Å². The lowest BCUT2D eigenvalue weighted by atomic mass is 10.1. The van der Waals surface area contributed by atoms with Crippen LogP contribution in [0.15, 0.2) is 48.5 Å². The third-order valence-electron chi connectivity index (χ3n) is 3.95. The molecule has 3 rings (SSSR count). The summed E-state index contributed by atoms with van der Waals surface area (Å²) in [7, 11) is 3.24. The molecule has 2 aromatic carbocycles. The van der Waals surface area contributed by atoms with E-state index in [1.165, 1.54) is 11.3 Å². The number of para-hydroxylation sites is 1. The zero-order valence-corrected chi connectivity index (χ0v) is 15.7. The average molecular weight is 368 g/mol. The molecule has 6 heteroatoms. The monoisotopic (exact) mass is 368 g/mol. The second kappa shape index (κ2) is 8.01. The lowest BCUT2D eigenvalue weighted by molar-refractivity contribution is -0.115. The highest BCUT2D eigenvalue weighted by Crippen LogP contribution is 2.31. The Balaban J connectivity index is 1.73. The van der Waals surface area contributed by atoms with Crippen LogP contribution in [-0.4, -0.2) is 25.1 Å². The molecule has 0 unspecified atom stereocenters. The van der Waals surface area contributed by atoms with Crippen molar-refractivity contribution < 1.29 is 14.3 Å². The Morgan fingerprint density at radius 3 is 2.50 bits per heavy atom. The van der Waals surface area contributed by atoms with Gasteiger partial charge in [-0.1, -0.05) is 18.2 Å². The Bertz CT molecular complexity index is 904. The summed E-state index contributed by atoms with van der Waals surface area (Å²) < 4.78 is 10.5. The third kappa shape index (κ3) is 4.03. The number of benzene rings is 2. The summed E-state index contributed by atoms with van der Waals surface area (Å²) in [4.78, 5) is 18.0. The van der Waals surface area contributed by atoms with Gasteiger partial charge in [-0.15, -0.1) is 11.3 Å². The molecule has 0 saturated carbocycles. The molecular weight excluding hydrogens is 348 g/mol. The van der Waals surface area contributed by atoms with Crippen LogP contribution < -0.4 is 14.8 Å². The molecule has 3 aromatic rings. The number of aromatic nitrogens is 1. The molecule has 0 radical (unpaired) electrons. The molecule has 0 aliphatic carbocycles. The number of carbonyl (C=O) groups is 1. The van der Waals surface area contributed by atoms with Crippen molar-refractivity contribution in [2.75, 3.05) is 19.5 Å². The van der Waals surface area contributed by atoms with Gasteiger partial charge in [-0.2, -0.15) is 0 Å². The predicted molar refractivity (Wildman–Crippen MR) is 104 cm³/mol. The zero-order valence-electron chi connectivity index (χ0n) is 14.9. The van der Waals surface area contributed by atoms with Crippen LogP contribution in [0.1, 0.15) is 10.4 Å². The average Bonchev–Trinajstić information content (AvgIpc) is 3.02. The molecule has 0 fully saturated rings. The molecular formula is C20H20N2O3S. The number of amides is 1. The number of ether oxygens (including phenoxy) is 2. The van der Waals surface area contributed by atoms with Gasteiger partial charge in [0.25, 0.3) is 0 Å². The van der Waals surface area contributed by atoms with Gasteiger partial charge in [-0.3, -0.25) is 4.79 Å². The van der Waals surface area contributed by atoms with Gasteiger partial charge in [0.1, 0.15) is 11.5 Å². The van der Waals surface area contributed by atoms with Gasteiger partial charge < -0.3 is 14.8 Å². The second-order valence-corrected chi connectivity index (χ2v) is 6.89. The second-order valence-electron chi connectivity index (χ2n) is 5.69. The van der Waals surface area contributed by atoms with Crippen LogP contribution in [0.5, 0.6) is 11.5 Å². The van der Waals surface area contributed by atoms with Crippen molar-refractivity contribution in [2.24, 2.45) is 0 Å². The SMILES string of the molecule is COc1ccc(-c2nc(NC(=O)Cc3ccccc3OC)sc2C)cc1. The van der Waals surface area contributed by atoms with Gasteiger partial charge >= 0.3 is 0 Å². The van der Waals surface area contributed by atoms with Crippen molar-refractivity contribution in [3.05, 3.63) is 59.0 Å². The van der Waals surface area contributed by atoms with Gasteiger partial charge in [-0.25, -0.2) is 4.98 Å². The summed E-state index contributed by atoms with van der Waals surface area (Å²) >= 11 is 1.46. The van der Waals surface area contributed by atoms with Crippen LogP contribution in [-0.2, 0) is 11.2 Å². The molecule has 26 heavy (non-hydrogen) atoms. The molecule has 1 aromatic heterocycles. The first kappa shape index (κ1) is 17.9. The maximum Gasteiger partial charge on any atom is 0.230 e. The van der Waals surface area contributed by atoms with E-state index < -0.39 is 0 Å². The first-order valence-electron chi connectivity index (χ1n) is 8.14. The van der Waals surface area contributed by atoms with Crippen molar-refractivity contribution in [1.82, 2.24) is 4.98 Å². The quantitative estimate of drug-likeness (QED) is 0.704. The van der Waals surface area contributed by atoms with E-state index in [2.05, 4.69) is 10.3 Å². The highest BCUT2D eigenvalue weighted by molar-refractivity contribution is 7.16. The van der Waals surface area contributed by atoms with E-state index in [9.17, 15) is 4.79 Å². The lowest BCUT2D eigenvalue weighted by Crippen LogP contribution is -2.14. The van der Waals surface area contributed by atoms with Crippen molar-refractivity contribution in [3.63, 3.8) is 0 Å². The van der Waals surface area contributed by atoms with Crippen molar-refractivity contribution in [3.8, 4) is 22.8 Å². The van der Waals surface area contributed by atoms with Crippen LogP contribution in [0.3, 0.4) is 0 Å². The Morgan fingerprint density at radius 2 is 1.81 bits per heavy atom. The van der Waals surface area contributed by atoms with E-state index in [0.717, 1.165) is 27.4 Å². The number of nitrogens with zero attached hydrogens (tertiary/aromatic N) is 1. The molecule has 1 N–H and O–H groups in total. The fraction of sp³-hybridized carbons (Fsp3) is 0.200. The number of thiazole rings is 1. The van der Waals surface area contributed by atoms with Gasteiger partial charge in [0, 0.05) is 16.0 Å². The summed E-state index contributed by atoms with van der Waals surface area (Å²) in [5.41, 5.74) is 2.70. The lowest BCUT2D eigenvalue weighted by Gasteiger charge is -2.07. The van der Waals surface area contributed by atoms with Crippen LogP contribution in [0.25, 0.3) is 11.3 Å². The summed E-state index contributed by atoms with van der Waals surface area (Å²) in [6.45, 7) is 1.99. The molecule has 0 aliphatic rings. The number of aryl methyl sites for hydroxylation is 1. The fourth-order valence-corrected chi connectivity index (χ4v) is 3.50. The van der Waals surface area contributed by atoms with Gasteiger partial charge in [0.15, 0.2) is 5.13 Å². The highest BCUT2D eigenvalue weighted by Gasteiger charge is 2.14. The third-order valence-corrected chi connectivity index (χ3v) is 4.84. The molecule has 1 heterocycles. The van der Waals surface area contributed by atoms with Crippen LogP contribution in [0.4, 0.5) is 5.13 Å². The molecule has 0 bridgehead atoms. The Hall–Kier alpha value is -2.86. The molecule has 134 valence electrons. The summed E-state index contributed by atoms with van der Waals surface area (Å²) in [6.07, 6.45) is 0.237. The number of rotatable bonds is 6. The van der Waals surface area contributed by atoms with E-state index in [-0.39, 0.29) is 12.3 Å². The van der Waals surface area contributed by atoms with Crippen molar-refractivity contribution in [2.45, 2.75) is 13.3 Å².